The first-order chi connectivity index (χ1) is 12.7. The fraction of sp³-hybridized carbons (Fsp3) is 0.450. The van der Waals surface area contributed by atoms with Crippen LogP contribution in [0.15, 0.2) is 42.9 Å². The van der Waals surface area contributed by atoms with Gasteiger partial charge in [-0.15, -0.1) is 0 Å². The molecule has 1 fully saturated rings. The minimum atomic E-state index is -0.0204. The third kappa shape index (κ3) is 4.38. The molecule has 0 unspecified atom stereocenters. The van der Waals surface area contributed by atoms with E-state index in [-0.39, 0.29) is 11.9 Å². The molecule has 138 valence electrons. The number of aromatic nitrogens is 2. The molecule has 6 heteroatoms. The van der Waals surface area contributed by atoms with E-state index < -0.39 is 0 Å². The molecule has 3 rings (SSSR count). The van der Waals surface area contributed by atoms with Crippen LogP contribution in [0.2, 0.25) is 0 Å². The van der Waals surface area contributed by atoms with Gasteiger partial charge in [0.1, 0.15) is 5.56 Å². The van der Waals surface area contributed by atoms with Crippen LogP contribution in [0.1, 0.15) is 35.7 Å². The van der Waals surface area contributed by atoms with Gasteiger partial charge in [0.15, 0.2) is 0 Å². The third-order valence-electron chi connectivity index (χ3n) is 4.77. The highest BCUT2D eigenvalue weighted by Crippen LogP contribution is 2.24. The molecular formula is C20H26N4O2. The average molecular weight is 354 g/mol. The van der Waals surface area contributed by atoms with Gasteiger partial charge < -0.3 is 14.5 Å². The van der Waals surface area contributed by atoms with Gasteiger partial charge in [0.2, 0.25) is 5.88 Å². The van der Waals surface area contributed by atoms with Crippen LogP contribution in [0, 0.1) is 0 Å². The second-order valence-electron chi connectivity index (χ2n) is 6.61. The molecule has 0 saturated carbocycles. The Kier molecular flexibility index (Phi) is 6.17. The maximum absolute atomic E-state index is 13.4. The van der Waals surface area contributed by atoms with Crippen molar-refractivity contribution in [1.29, 1.82) is 0 Å². The molecule has 0 aliphatic carbocycles. The van der Waals surface area contributed by atoms with Crippen molar-refractivity contribution in [3.63, 3.8) is 0 Å². The van der Waals surface area contributed by atoms with E-state index >= 15 is 0 Å². The molecule has 1 amide bonds. The lowest BCUT2D eigenvalue weighted by molar-refractivity contribution is 0.0564. The SMILES string of the molecule is CCOc1ncccc1C(=O)N(Cc1ccncc1)C1CCN(C)CC1. The topological polar surface area (TPSA) is 58.6 Å². The van der Waals surface area contributed by atoms with Crippen molar-refractivity contribution < 1.29 is 9.53 Å². The van der Waals surface area contributed by atoms with Gasteiger partial charge >= 0.3 is 0 Å². The molecule has 1 aliphatic rings. The van der Waals surface area contributed by atoms with Crippen LogP contribution in [-0.2, 0) is 6.54 Å². The fourth-order valence-electron chi connectivity index (χ4n) is 3.32. The number of carbonyl (C=O) groups excluding carboxylic acids is 1. The van der Waals surface area contributed by atoms with Crippen molar-refractivity contribution >= 4 is 5.91 Å². The zero-order valence-corrected chi connectivity index (χ0v) is 15.5. The van der Waals surface area contributed by atoms with Crippen molar-refractivity contribution in [3.8, 4) is 5.88 Å². The van der Waals surface area contributed by atoms with Gasteiger partial charge in [0, 0.05) is 31.2 Å². The predicted octanol–water partition coefficient (Wildman–Crippen LogP) is 2.61. The number of hydrogen-bond acceptors (Lipinski definition) is 5. The Morgan fingerprint density at radius 3 is 2.65 bits per heavy atom. The van der Waals surface area contributed by atoms with Gasteiger partial charge in [-0.3, -0.25) is 9.78 Å². The summed E-state index contributed by atoms with van der Waals surface area (Å²) in [5.41, 5.74) is 1.61. The van der Waals surface area contributed by atoms with Gasteiger partial charge in [-0.05, 0) is 69.7 Å². The monoisotopic (exact) mass is 354 g/mol. The molecule has 26 heavy (non-hydrogen) atoms. The molecule has 0 spiro atoms. The Bertz CT molecular complexity index is 715. The molecule has 0 bridgehead atoms. The van der Waals surface area contributed by atoms with E-state index in [1.165, 1.54) is 0 Å². The Balaban J connectivity index is 1.88. The van der Waals surface area contributed by atoms with Crippen molar-refractivity contribution in [1.82, 2.24) is 19.8 Å². The minimum Gasteiger partial charge on any atom is -0.477 e. The zero-order chi connectivity index (χ0) is 18.4. The van der Waals surface area contributed by atoms with E-state index in [1.54, 1.807) is 30.7 Å². The van der Waals surface area contributed by atoms with Crippen LogP contribution in [0.5, 0.6) is 5.88 Å². The summed E-state index contributed by atoms with van der Waals surface area (Å²) in [5.74, 6) is 0.389. The molecule has 3 heterocycles. The van der Waals surface area contributed by atoms with E-state index in [9.17, 15) is 4.79 Å². The normalized spacial score (nSPS) is 15.6. The van der Waals surface area contributed by atoms with Crippen LogP contribution in [0.3, 0.4) is 0 Å². The third-order valence-corrected chi connectivity index (χ3v) is 4.77. The summed E-state index contributed by atoms with van der Waals surface area (Å²) in [7, 11) is 2.12. The Hall–Kier alpha value is -2.47. The highest BCUT2D eigenvalue weighted by atomic mass is 16.5. The van der Waals surface area contributed by atoms with E-state index in [4.69, 9.17) is 4.74 Å². The van der Waals surface area contributed by atoms with Crippen molar-refractivity contribution in [2.75, 3.05) is 26.7 Å². The van der Waals surface area contributed by atoms with Gasteiger partial charge in [-0.25, -0.2) is 4.98 Å². The summed E-state index contributed by atoms with van der Waals surface area (Å²) in [4.78, 5) is 26.0. The molecule has 0 N–H and O–H groups in total. The number of rotatable bonds is 6. The zero-order valence-electron chi connectivity index (χ0n) is 15.5. The molecule has 0 radical (unpaired) electrons. The second kappa shape index (κ2) is 8.76. The van der Waals surface area contributed by atoms with Crippen molar-refractivity contribution in [2.45, 2.75) is 32.4 Å². The van der Waals surface area contributed by atoms with Crippen molar-refractivity contribution in [2.24, 2.45) is 0 Å². The summed E-state index contributed by atoms with van der Waals surface area (Å²) in [5, 5.41) is 0. The van der Waals surface area contributed by atoms with Gasteiger partial charge in [-0.2, -0.15) is 0 Å². The van der Waals surface area contributed by atoms with Gasteiger partial charge in [0.05, 0.1) is 6.61 Å². The number of ether oxygens (including phenoxy) is 1. The molecule has 1 aliphatic heterocycles. The molecule has 6 nitrogen and oxygen atoms in total. The van der Waals surface area contributed by atoms with E-state index in [1.807, 2.05) is 24.0 Å². The first-order valence-electron chi connectivity index (χ1n) is 9.15. The summed E-state index contributed by atoms with van der Waals surface area (Å²) in [6.45, 7) is 4.94. The maximum Gasteiger partial charge on any atom is 0.259 e. The largest absolute Gasteiger partial charge is 0.477 e. The summed E-state index contributed by atoms with van der Waals surface area (Å²) >= 11 is 0. The van der Waals surface area contributed by atoms with Gasteiger partial charge in [0.25, 0.3) is 5.91 Å². The Labute approximate surface area is 154 Å². The maximum atomic E-state index is 13.4. The minimum absolute atomic E-state index is 0.0204. The van der Waals surface area contributed by atoms with Crippen LogP contribution >= 0.6 is 0 Å². The van der Waals surface area contributed by atoms with Crippen molar-refractivity contribution in [3.05, 3.63) is 54.0 Å². The lowest BCUT2D eigenvalue weighted by Crippen LogP contribution is -2.46. The number of pyridine rings is 2. The number of amides is 1. The number of likely N-dealkylation sites (tertiary alicyclic amines) is 1. The van der Waals surface area contributed by atoms with Crippen LogP contribution in [-0.4, -0.2) is 58.5 Å². The highest BCUT2D eigenvalue weighted by molar-refractivity contribution is 5.96. The summed E-state index contributed by atoms with van der Waals surface area (Å²) < 4.78 is 5.59. The van der Waals surface area contributed by atoms with Crippen LogP contribution < -0.4 is 4.74 Å². The summed E-state index contributed by atoms with van der Waals surface area (Å²) in [6, 6.07) is 7.72. The first kappa shape index (κ1) is 18.3. The molecule has 2 aromatic rings. The van der Waals surface area contributed by atoms with E-state index in [2.05, 4.69) is 21.9 Å². The molecule has 1 saturated heterocycles. The number of piperidine rings is 1. The predicted molar refractivity (Wildman–Crippen MR) is 100 cm³/mol. The standard InChI is InChI=1S/C20H26N4O2/c1-3-26-19-18(5-4-10-22-19)20(25)24(15-16-6-11-21-12-7-16)17-8-13-23(2)14-9-17/h4-7,10-12,17H,3,8-9,13-15H2,1-2H3. The quantitative estimate of drug-likeness (QED) is 0.798. The Morgan fingerprint density at radius 2 is 1.96 bits per heavy atom. The average Bonchev–Trinajstić information content (AvgIpc) is 2.68. The second-order valence-corrected chi connectivity index (χ2v) is 6.61. The first-order valence-corrected chi connectivity index (χ1v) is 9.15. The highest BCUT2D eigenvalue weighted by Gasteiger charge is 2.29. The lowest BCUT2D eigenvalue weighted by Gasteiger charge is -2.37. The molecular weight excluding hydrogens is 328 g/mol. The summed E-state index contributed by atoms with van der Waals surface area (Å²) in [6.07, 6.45) is 7.13. The van der Waals surface area contributed by atoms with Gasteiger partial charge in [-0.1, -0.05) is 0 Å². The van der Waals surface area contributed by atoms with E-state index in [0.29, 0.717) is 24.6 Å². The number of carbonyl (C=O) groups is 1. The van der Waals surface area contributed by atoms with Crippen LogP contribution in [0.4, 0.5) is 0 Å². The molecule has 0 atom stereocenters. The van der Waals surface area contributed by atoms with E-state index in [0.717, 1.165) is 31.5 Å². The Morgan fingerprint density at radius 1 is 1.23 bits per heavy atom. The number of nitrogens with zero attached hydrogens (tertiary/aromatic N) is 4. The molecule has 2 aromatic heterocycles. The lowest BCUT2D eigenvalue weighted by atomic mass is 10.0. The number of hydrogen-bond donors (Lipinski definition) is 0. The smallest absolute Gasteiger partial charge is 0.259 e. The molecule has 0 aromatic carbocycles. The fourth-order valence-corrected chi connectivity index (χ4v) is 3.32. The van der Waals surface area contributed by atoms with Crippen LogP contribution in [0.25, 0.3) is 0 Å².